The molecule has 3 atom stereocenters. The third-order valence-electron chi connectivity index (χ3n) is 6.89. The van der Waals surface area contributed by atoms with Crippen LogP contribution >= 0.6 is 0 Å². The molecule has 0 aromatic heterocycles. The first-order valence-corrected chi connectivity index (χ1v) is 12.0. The smallest absolute Gasteiger partial charge is 0.322 e. The highest BCUT2D eigenvalue weighted by Crippen LogP contribution is 2.43. The SMILES string of the molecule is COc1ccc(C#Cc2ccc([C@H]3[C@@H](CO)N4C(=O)CN(C(=O)Nc5ccccc5F)C[C@H]34)cc2)cc1. The predicted molar refractivity (Wildman–Crippen MR) is 137 cm³/mol. The zero-order valence-corrected chi connectivity index (χ0v) is 20.2. The number of hydrogen-bond acceptors (Lipinski definition) is 4. The molecule has 37 heavy (non-hydrogen) atoms. The van der Waals surface area contributed by atoms with Crippen molar-refractivity contribution in [3.63, 3.8) is 0 Å². The number of urea groups is 1. The maximum Gasteiger partial charge on any atom is 0.322 e. The minimum absolute atomic E-state index is 0.0621. The lowest BCUT2D eigenvalue weighted by atomic mass is 9.73. The summed E-state index contributed by atoms with van der Waals surface area (Å²) in [5.74, 6) is 6.12. The fourth-order valence-corrected chi connectivity index (χ4v) is 5.02. The number of carbonyl (C=O) groups is 2. The van der Waals surface area contributed by atoms with Crippen molar-refractivity contribution in [1.29, 1.82) is 0 Å². The third kappa shape index (κ3) is 4.86. The highest BCUT2D eigenvalue weighted by molar-refractivity contribution is 5.94. The molecule has 2 N–H and O–H groups in total. The Hall–Kier alpha value is -4.35. The monoisotopic (exact) mass is 499 g/mol. The molecule has 188 valence electrons. The molecule has 2 heterocycles. The standard InChI is InChI=1S/C29H26FN3O4/c1-37-22-14-10-20(11-15-22)7-6-19-8-12-21(13-9-19)28-25-16-32(17-27(35)33(25)26(28)18-34)29(36)31-24-5-3-2-4-23(24)30/h2-5,8-15,25-26,28,34H,16-18H2,1H3,(H,31,36)/t25-,26-,28-/m1/s1. The summed E-state index contributed by atoms with van der Waals surface area (Å²) in [6, 6.07) is 20.0. The van der Waals surface area contributed by atoms with E-state index in [1.807, 2.05) is 48.5 Å². The number of anilines is 1. The lowest BCUT2D eigenvalue weighted by Crippen LogP contribution is -2.73. The molecule has 7 nitrogen and oxygen atoms in total. The molecule has 8 heteroatoms. The molecule has 2 fully saturated rings. The Kier molecular flexibility index (Phi) is 6.80. The lowest BCUT2D eigenvalue weighted by molar-refractivity contribution is -0.159. The van der Waals surface area contributed by atoms with E-state index in [0.29, 0.717) is 0 Å². The summed E-state index contributed by atoms with van der Waals surface area (Å²) in [7, 11) is 1.62. The maximum absolute atomic E-state index is 14.0. The number of benzene rings is 3. The van der Waals surface area contributed by atoms with Crippen LogP contribution in [0.25, 0.3) is 0 Å². The number of para-hydroxylation sites is 1. The normalized spacial score (nSPS) is 20.3. The molecule has 0 saturated carbocycles. The van der Waals surface area contributed by atoms with E-state index >= 15 is 0 Å². The van der Waals surface area contributed by atoms with Gasteiger partial charge in [-0.25, -0.2) is 9.18 Å². The van der Waals surface area contributed by atoms with E-state index in [9.17, 15) is 19.1 Å². The number of aliphatic hydroxyl groups excluding tert-OH is 1. The van der Waals surface area contributed by atoms with Crippen LogP contribution in [0, 0.1) is 17.7 Å². The predicted octanol–water partition coefficient (Wildman–Crippen LogP) is 3.44. The van der Waals surface area contributed by atoms with Gasteiger partial charge in [0.1, 0.15) is 18.1 Å². The number of fused-ring (bicyclic) bond motifs is 1. The van der Waals surface area contributed by atoms with Crippen molar-refractivity contribution in [2.45, 2.75) is 18.0 Å². The average molecular weight is 500 g/mol. The molecule has 0 radical (unpaired) electrons. The highest BCUT2D eigenvalue weighted by Gasteiger charge is 2.54. The number of amides is 3. The van der Waals surface area contributed by atoms with Gasteiger partial charge in [0.2, 0.25) is 5.91 Å². The van der Waals surface area contributed by atoms with E-state index in [0.717, 1.165) is 22.4 Å². The number of rotatable bonds is 4. The number of nitrogens with one attached hydrogen (secondary N) is 1. The van der Waals surface area contributed by atoms with Gasteiger partial charge in [0.15, 0.2) is 0 Å². The molecule has 0 aliphatic carbocycles. The van der Waals surface area contributed by atoms with Crippen LogP contribution in [0.1, 0.15) is 22.6 Å². The molecule has 0 spiro atoms. The van der Waals surface area contributed by atoms with Crippen molar-refractivity contribution in [2.75, 3.05) is 32.1 Å². The minimum atomic E-state index is -0.544. The molecule has 3 aromatic carbocycles. The van der Waals surface area contributed by atoms with Crippen molar-refractivity contribution in [1.82, 2.24) is 9.80 Å². The second-order valence-electron chi connectivity index (χ2n) is 9.04. The number of aliphatic hydroxyl groups is 1. The molecule has 3 amide bonds. The summed E-state index contributed by atoms with van der Waals surface area (Å²) >= 11 is 0. The minimum Gasteiger partial charge on any atom is -0.497 e. The van der Waals surface area contributed by atoms with Gasteiger partial charge in [-0.2, -0.15) is 0 Å². The Morgan fingerprint density at radius 1 is 1.05 bits per heavy atom. The first-order valence-electron chi connectivity index (χ1n) is 12.0. The zero-order chi connectivity index (χ0) is 25.9. The summed E-state index contributed by atoms with van der Waals surface area (Å²) in [4.78, 5) is 28.7. The Labute approximate surface area is 214 Å². The summed E-state index contributed by atoms with van der Waals surface area (Å²) in [6.45, 7) is -0.0144. The average Bonchev–Trinajstić information content (AvgIpc) is 2.91. The number of hydrogen-bond donors (Lipinski definition) is 2. The molecule has 0 unspecified atom stereocenters. The number of carbonyl (C=O) groups excluding carboxylic acids is 2. The van der Waals surface area contributed by atoms with Crippen LogP contribution in [-0.2, 0) is 4.79 Å². The van der Waals surface area contributed by atoms with Gasteiger partial charge in [0.05, 0.1) is 31.5 Å². The number of ether oxygens (including phenoxy) is 1. The molecular formula is C29H26FN3O4. The zero-order valence-electron chi connectivity index (χ0n) is 20.2. The van der Waals surface area contributed by atoms with Gasteiger partial charge in [0, 0.05) is 23.6 Å². The second kappa shape index (κ2) is 10.3. The van der Waals surface area contributed by atoms with Crippen molar-refractivity contribution in [3.05, 3.63) is 95.3 Å². The van der Waals surface area contributed by atoms with Gasteiger partial charge < -0.3 is 25.0 Å². The van der Waals surface area contributed by atoms with Crippen LogP contribution < -0.4 is 10.1 Å². The van der Waals surface area contributed by atoms with Crippen molar-refractivity contribution < 1.29 is 23.8 Å². The molecule has 2 aliphatic heterocycles. The van der Waals surface area contributed by atoms with E-state index < -0.39 is 11.8 Å². The van der Waals surface area contributed by atoms with E-state index in [-0.39, 0.29) is 49.3 Å². The number of halogens is 1. The summed E-state index contributed by atoms with van der Waals surface area (Å²) < 4.78 is 19.2. The molecule has 2 saturated heterocycles. The van der Waals surface area contributed by atoms with E-state index in [1.165, 1.54) is 23.1 Å². The largest absolute Gasteiger partial charge is 0.497 e. The van der Waals surface area contributed by atoms with Crippen LogP contribution in [0.5, 0.6) is 5.75 Å². The van der Waals surface area contributed by atoms with Crippen LogP contribution in [0.3, 0.4) is 0 Å². The fourth-order valence-electron chi connectivity index (χ4n) is 5.02. The van der Waals surface area contributed by atoms with Crippen LogP contribution in [0.4, 0.5) is 14.9 Å². The summed E-state index contributed by atoms with van der Waals surface area (Å²) in [5.41, 5.74) is 2.72. The first-order chi connectivity index (χ1) is 18.0. The van der Waals surface area contributed by atoms with Crippen LogP contribution in [-0.4, -0.2) is 65.7 Å². The Bertz CT molecular complexity index is 1360. The molecule has 3 aromatic rings. The number of nitrogens with zero attached hydrogens (tertiary/aromatic N) is 2. The van der Waals surface area contributed by atoms with E-state index in [2.05, 4.69) is 17.2 Å². The molecule has 2 aliphatic rings. The Morgan fingerprint density at radius 2 is 1.70 bits per heavy atom. The number of piperazine rings is 1. The van der Waals surface area contributed by atoms with Gasteiger partial charge >= 0.3 is 6.03 Å². The fraction of sp³-hybridized carbons (Fsp3) is 0.241. The van der Waals surface area contributed by atoms with Crippen LogP contribution in [0.2, 0.25) is 0 Å². The number of methoxy groups -OCH3 is 1. The second-order valence-corrected chi connectivity index (χ2v) is 9.04. The van der Waals surface area contributed by atoms with Gasteiger partial charge in [-0.1, -0.05) is 36.1 Å². The summed E-state index contributed by atoms with van der Waals surface area (Å²) in [5, 5.41) is 12.6. The van der Waals surface area contributed by atoms with Gasteiger partial charge in [0.25, 0.3) is 0 Å². The third-order valence-corrected chi connectivity index (χ3v) is 6.89. The van der Waals surface area contributed by atoms with Gasteiger partial charge in [-0.05, 0) is 54.1 Å². The molecule has 5 rings (SSSR count). The van der Waals surface area contributed by atoms with Gasteiger partial charge in [-0.3, -0.25) is 4.79 Å². The maximum atomic E-state index is 14.0. The Morgan fingerprint density at radius 3 is 2.32 bits per heavy atom. The molecular weight excluding hydrogens is 473 g/mol. The van der Waals surface area contributed by atoms with Crippen molar-refractivity contribution >= 4 is 17.6 Å². The topological polar surface area (TPSA) is 82.1 Å². The van der Waals surface area contributed by atoms with Crippen LogP contribution in [0.15, 0.2) is 72.8 Å². The lowest BCUT2D eigenvalue weighted by Gasteiger charge is -2.58. The summed E-state index contributed by atoms with van der Waals surface area (Å²) in [6.07, 6.45) is 0. The molecule has 0 bridgehead atoms. The van der Waals surface area contributed by atoms with Gasteiger partial charge in [-0.15, -0.1) is 0 Å². The Balaban J connectivity index is 1.30. The van der Waals surface area contributed by atoms with Crippen molar-refractivity contribution in [2.24, 2.45) is 0 Å². The van der Waals surface area contributed by atoms with E-state index in [1.54, 1.807) is 18.1 Å². The first kappa shape index (κ1) is 24.3. The van der Waals surface area contributed by atoms with E-state index in [4.69, 9.17) is 4.74 Å². The quantitative estimate of drug-likeness (QED) is 0.539. The van der Waals surface area contributed by atoms with Crippen molar-refractivity contribution in [3.8, 4) is 17.6 Å². The highest BCUT2D eigenvalue weighted by atomic mass is 19.1.